The van der Waals surface area contributed by atoms with Gasteiger partial charge < -0.3 is 5.32 Å². The number of carbonyl (C=O) groups excluding carboxylic acids is 1. The second-order valence-electron chi connectivity index (χ2n) is 9.45. The van der Waals surface area contributed by atoms with E-state index in [9.17, 15) is 4.79 Å². The number of hydrogen-bond donors (Lipinski definition) is 1. The number of benzene rings is 3. The van der Waals surface area contributed by atoms with Crippen molar-refractivity contribution < 1.29 is 4.79 Å². The molecule has 33 heavy (non-hydrogen) atoms. The number of amides is 1. The molecular formula is C29H26N2OS. The smallest absolute Gasteiger partial charge is 0.233 e. The highest BCUT2D eigenvalue weighted by atomic mass is 32.1. The molecule has 3 aromatic carbocycles. The Kier molecular flexibility index (Phi) is 4.92. The van der Waals surface area contributed by atoms with Gasteiger partial charge in [0.15, 0.2) is 5.13 Å². The number of hydrogen-bond acceptors (Lipinski definition) is 3. The van der Waals surface area contributed by atoms with Crippen LogP contribution in [-0.4, -0.2) is 10.9 Å². The third kappa shape index (κ3) is 3.41. The molecule has 1 heterocycles. The highest BCUT2D eigenvalue weighted by Crippen LogP contribution is 2.61. The van der Waals surface area contributed by atoms with E-state index in [2.05, 4.69) is 90.4 Å². The van der Waals surface area contributed by atoms with Gasteiger partial charge >= 0.3 is 0 Å². The molecular weight excluding hydrogens is 424 g/mol. The maximum Gasteiger partial charge on any atom is 0.233 e. The molecule has 0 spiro atoms. The molecule has 2 bridgehead atoms. The van der Waals surface area contributed by atoms with Crippen LogP contribution in [0.3, 0.4) is 0 Å². The number of thiazole rings is 1. The van der Waals surface area contributed by atoms with Crippen LogP contribution in [0.25, 0.3) is 0 Å². The minimum atomic E-state index is -0.511. The van der Waals surface area contributed by atoms with E-state index in [0.29, 0.717) is 5.13 Å². The first-order valence-electron chi connectivity index (χ1n) is 11.6. The fourth-order valence-electron chi connectivity index (χ4n) is 5.83. The summed E-state index contributed by atoms with van der Waals surface area (Å²) in [7, 11) is 0. The normalized spacial score (nSPS) is 22.5. The maximum absolute atomic E-state index is 13.7. The summed E-state index contributed by atoms with van der Waals surface area (Å²) in [5.41, 5.74) is 7.18. The molecule has 1 aromatic heterocycles. The van der Waals surface area contributed by atoms with E-state index in [1.54, 1.807) is 0 Å². The Morgan fingerprint density at radius 1 is 0.909 bits per heavy atom. The van der Waals surface area contributed by atoms with E-state index in [1.165, 1.54) is 39.2 Å². The quantitative estimate of drug-likeness (QED) is 0.374. The maximum atomic E-state index is 13.7. The van der Waals surface area contributed by atoms with Crippen molar-refractivity contribution in [3.05, 3.63) is 118 Å². The van der Waals surface area contributed by atoms with Crippen LogP contribution < -0.4 is 5.32 Å². The fourth-order valence-corrected chi connectivity index (χ4v) is 6.57. The van der Waals surface area contributed by atoms with E-state index in [4.69, 9.17) is 4.98 Å². The Bertz CT molecular complexity index is 1280. The van der Waals surface area contributed by atoms with Crippen molar-refractivity contribution in [2.75, 3.05) is 5.32 Å². The Balaban J connectivity index is 1.25. The van der Waals surface area contributed by atoms with Gasteiger partial charge in [-0.25, -0.2) is 4.98 Å². The second kappa shape index (κ2) is 7.96. The standard InChI is InChI=1S/C29H26N2OS/c1-29(27(32)31-28-30-20(18-33-28)16-15-19-9-3-2-4-10-19)17-25-21-11-5-7-13-23(21)26(29)24-14-8-6-12-22(24)25/h2-14,18,25-26H,15-17H2,1H3,(H,30,31,32). The molecule has 164 valence electrons. The van der Waals surface area contributed by atoms with Gasteiger partial charge in [-0.15, -0.1) is 11.3 Å². The van der Waals surface area contributed by atoms with Crippen LogP contribution in [0.1, 0.15) is 58.7 Å². The second-order valence-corrected chi connectivity index (χ2v) is 10.3. The van der Waals surface area contributed by atoms with Crippen LogP contribution in [0.5, 0.6) is 0 Å². The summed E-state index contributed by atoms with van der Waals surface area (Å²) in [4.78, 5) is 18.5. The van der Waals surface area contributed by atoms with Gasteiger partial charge in [0.1, 0.15) is 0 Å². The monoisotopic (exact) mass is 450 g/mol. The van der Waals surface area contributed by atoms with Crippen molar-refractivity contribution >= 4 is 22.4 Å². The van der Waals surface area contributed by atoms with Crippen LogP contribution in [0.2, 0.25) is 0 Å². The average molecular weight is 451 g/mol. The van der Waals surface area contributed by atoms with Crippen LogP contribution >= 0.6 is 11.3 Å². The Morgan fingerprint density at radius 2 is 1.52 bits per heavy atom. The molecule has 3 nitrogen and oxygen atoms in total. The van der Waals surface area contributed by atoms with Gasteiger partial charge in [0.05, 0.1) is 11.1 Å². The number of nitrogens with one attached hydrogen (secondary N) is 1. The lowest BCUT2D eigenvalue weighted by molar-refractivity contribution is -0.126. The molecule has 1 atom stereocenters. The summed E-state index contributed by atoms with van der Waals surface area (Å²) in [6.07, 6.45) is 2.65. The van der Waals surface area contributed by atoms with Gasteiger partial charge in [0.25, 0.3) is 0 Å². The number of nitrogens with zero attached hydrogens (tertiary/aromatic N) is 1. The Hall–Kier alpha value is -3.24. The molecule has 4 aromatic rings. The number of carbonyl (C=O) groups is 1. The molecule has 1 N–H and O–H groups in total. The SMILES string of the molecule is CC1(C(=O)Nc2nc(CCc3ccccc3)cs2)CC2c3ccccc3C1c1ccccc12. The van der Waals surface area contributed by atoms with Gasteiger partial charge in [-0.05, 0) is 54.0 Å². The summed E-state index contributed by atoms with van der Waals surface area (Å²) in [6.45, 7) is 2.13. The largest absolute Gasteiger partial charge is 0.301 e. The average Bonchev–Trinajstić information content (AvgIpc) is 3.31. The summed E-state index contributed by atoms with van der Waals surface area (Å²) >= 11 is 1.52. The first kappa shape index (κ1) is 20.4. The first-order chi connectivity index (χ1) is 16.1. The minimum absolute atomic E-state index is 0.0624. The van der Waals surface area contributed by atoms with Crippen LogP contribution in [0.15, 0.2) is 84.2 Å². The van der Waals surface area contributed by atoms with Gasteiger partial charge in [-0.2, -0.15) is 0 Å². The first-order valence-corrected chi connectivity index (χ1v) is 12.5. The summed E-state index contributed by atoms with van der Waals surface area (Å²) in [6, 6.07) is 27.8. The van der Waals surface area contributed by atoms with Crippen molar-refractivity contribution in [3.8, 4) is 0 Å². The van der Waals surface area contributed by atoms with Crippen molar-refractivity contribution in [1.29, 1.82) is 0 Å². The predicted octanol–water partition coefficient (Wildman–Crippen LogP) is 6.55. The number of rotatable bonds is 5. The number of fused-ring (bicyclic) bond motifs is 1. The zero-order valence-corrected chi connectivity index (χ0v) is 19.4. The molecule has 3 aliphatic carbocycles. The van der Waals surface area contributed by atoms with E-state index >= 15 is 0 Å². The number of anilines is 1. The zero-order valence-electron chi connectivity index (χ0n) is 18.6. The highest BCUT2D eigenvalue weighted by Gasteiger charge is 2.53. The predicted molar refractivity (Wildman–Crippen MR) is 134 cm³/mol. The topological polar surface area (TPSA) is 42.0 Å². The van der Waals surface area contributed by atoms with Gasteiger partial charge in [-0.3, -0.25) is 4.79 Å². The van der Waals surface area contributed by atoms with E-state index in [1.807, 2.05) is 6.07 Å². The molecule has 4 heteroatoms. The molecule has 0 fully saturated rings. The van der Waals surface area contributed by atoms with E-state index in [-0.39, 0.29) is 17.7 Å². The molecule has 0 aliphatic heterocycles. The van der Waals surface area contributed by atoms with Gasteiger partial charge in [0.2, 0.25) is 5.91 Å². The molecule has 0 radical (unpaired) electrons. The molecule has 1 amide bonds. The molecule has 1 unspecified atom stereocenters. The van der Waals surface area contributed by atoms with Gasteiger partial charge in [-0.1, -0.05) is 78.9 Å². The Labute approximate surface area is 198 Å². The van der Waals surface area contributed by atoms with Crippen molar-refractivity contribution in [3.63, 3.8) is 0 Å². The highest BCUT2D eigenvalue weighted by molar-refractivity contribution is 7.13. The van der Waals surface area contributed by atoms with E-state index in [0.717, 1.165) is 25.0 Å². The summed E-state index contributed by atoms with van der Waals surface area (Å²) < 4.78 is 0. The lowest BCUT2D eigenvalue weighted by Crippen LogP contribution is -2.47. The lowest BCUT2D eigenvalue weighted by Gasteiger charge is -2.50. The summed E-state index contributed by atoms with van der Waals surface area (Å²) in [5, 5.41) is 5.95. The van der Waals surface area contributed by atoms with Crippen LogP contribution in [0.4, 0.5) is 5.13 Å². The molecule has 7 rings (SSSR count). The fraction of sp³-hybridized carbons (Fsp3) is 0.241. The van der Waals surface area contributed by atoms with Crippen LogP contribution in [0, 0.1) is 5.41 Å². The third-order valence-corrected chi connectivity index (χ3v) is 8.24. The van der Waals surface area contributed by atoms with Crippen molar-refractivity contribution in [2.45, 2.75) is 38.0 Å². The minimum Gasteiger partial charge on any atom is -0.301 e. The summed E-state index contributed by atoms with van der Waals surface area (Å²) in [5.74, 6) is 0.397. The Morgan fingerprint density at radius 3 is 2.18 bits per heavy atom. The molecule has 0 saturated heterocycles. The van der Waals surface area contributed by atoms with Crippen LogP contribution in [-0.2, 0) is 17.6 Å². The lowest BCUT2D eigenvalue weighted by atomic mass is 9.52. The van der Waals surface area contributed by atoms with Gasteiger partial charge in [0, 0.05) is 17.2 Å². The zero-order chi connectivity index (χ0) is 22.4. The van der Waals surface area contributed by atoms with Crippen molar-refractivity contribution in [1.82, 2.24) is 4.98 Å². The third-order valence-electron chi connectivity index (χ3n) is 7.43. The molecule has 0 saturated carbocycles. The number of aryl methyl sites for hydroxylation is 2. The number of aromatic nitrogens is 1. The van der Waals surface area contributed by atoms with Crippen molar-refractivity contribution in [2.24, 2.45) is 5.41 Å². The molecule has 3 aliphatic rings. The van der Waals surface area contributed by atoms with E-state index < -0.39 is 5.41 Å².